The Morgan fingerprint density at radius 3 is 2.54 bits per heavy atom. The smallest absolute Gasteiger partial charge is 0.347 e. The quantitative estimate of drug-likeness (QED) is 0.796. The Labute approximate surface area is 148 Å². The number of carbonyl (C=O) groups is 1. The third-order valence-electron chi connectivity index (χ3n) is 3.40. The van der Waals surface area contributed by atoms with Crippen LogP contribution in [-0.4, -0.2) is 25.9 Å². The molecule has 0 aliphatic carbocycles. The number of hydrogen-bond donors (Lipinski definition) is 2. The van der Waals surface area contributed by atoms with Crippen LogP contribution in [-0.2, 0) is 21.0 Å². The average molecular weight is 387 g/mol. The highest BCUT2D eigenvalue weighted by Crippen LogP contribution is 2.30. The largest absolute Gasteiger partial charge is 0.416 e. The van der Waals surface area contributed by atoms with Crippen molar-refractivity contribution in [3.05, 3.63) is 59.9 Å². The van der Waals surface area contributed by atoms with E-state index in [1.165, 1.54) is 0 Å². The van der Waals surface area contributed by atoms with Gasteiger partial charge in [-0.25, -0.2) is 13.1 Å². The molecule has 1 atom stereocenters. The molecule has 0 fully saturated rings. The van der Waals surface area contributed by atoms with Gasteiger partial charge in [0.1, 0.15) is 0 Å². The van der Waals surface area contributed by atoms with Crippen molar-refractivity contribution in [2.24, 2.45) is 0 Å². The van der Waals surface area contributed by atoms with E-state index in [1.807, 2.05) is 4.72 Å². The summed E-state index contributed by atoms with van der Waals surface area (Å²) in [5, 5.41) is 2.55. The van der Waals surface area contributed by atoms with Crippen molar-refractivity contribution in [2.45, 2.75) is 24.0 Å². The zero-order valence-corrected chi connectivity index (χ0v) is 14.4. The number of amides is 1. The van der Waals surface area contributed by atoms with E-state index in [0.717, 1.165) is 18.2 Å². The molecule has 1 heterocycles. The van der Waals surface area contributed by atoms with Gasteiger partial charge >= 0.3 is 6.18 Å². The topological polar surface area (TPSA) is 88.2 Å². The first kappa shape index (κ1) is 19.9. The maximum absolute atomic E-state index is 12.7. The summed E-state index contributed by atoms with van der Waals surface area (Å²) in [5.41, 5.74) is -0.504. The molecule has 0 bridgehead atoms. The van der Waals surface area contributed by atoms with Crippen LogP contribution in [0.2, 0.25) is 0 Å². The standard InChI is InChI=1S/C16H16F3N3O3S/c1-11(14-7-2-3-8-20-14)22-15(23)10-21-26(24,25)13-6-4-5-12(9-13)16(17,18)19/h2-9,11,21H,10H2,1H3,(H,22,23). The number of alkyl halides is 3. The highest BCUT2D eigenvalue weighted by molar-refractivity contribution is 7.89. The molecule has 0 saturated carbocycles. The van der Waals surface area contributed by atoms with Crippen molar-refractivity contribution in [1.82, 2.24) is 15.0 Å². The normalized spacial score (nSPS) is 13.2. The van der Waals surface area contributed by atoms with E-state index >= 15 is 0 Å². The van der Waals surface area contributed by atoms with Crippen LogP contribution in [0.4, 0.5) is 13.2 Å². The van der Waals surface area contributed by atoms with Crippen molar-refractivity contribution in [3.63, 3.8) is 0 Å². The summed E-state index contributed by atoms with van der Waals surface area (Å²) in [7, 11) is -4.27. The van der Waals surface area contributed by atoms with Gasteiger partial charge in [0.2, 0.25) is 15.9 Å². The van der Waals surface area contributed by atoms with Crippen molar-refractivity contribution in [3.8, 4) is 0 Å². The van der Waals surface area contributed by atoms with E-state index < -0.39 is 45.2 Å². The molecule has 1 unspecified atom stereocenters. The molecule has 0 radical (unpaired) electrons. The fourth-order valence-electron chi connectivity index (χ4n) is 2.08. The Morgan fingerprint density at radius 1 is 1.19 bits per heavy atom. The Bertz CT molecular complexity index is 871. The molecular formula is C16H16F3N3O3S. The monoisotopic (exact) mass is 387 g/mol. The Balaban J connectivity index is 2.01. The molecule has 0 aliphatic rings. The summed E-state index contributed by atoms with van der Waals surface area (Å²) in [6, 6.07) is 7.96. The third-order valence-corrected chi connectivity index (χ3v) is 4.80. The van der Waals surface area contributed by atoms with Crippen molar-refractivity contribution in [1.29, 1.82) is 0 Å². The van der Waals surface area contributed by atoms with Crippen LogP contribution in [0.15, 0.2) is 53.6 Å². The molecule has 2 rings (SSSR count). The summed E-state index contributed by atoms with van der Waals surface area (Å²) in [6.07, 6.45) is -3.12. The minimum atomic E-state index is -4.67. The second-order valence-corrected chi connectivity index (χ2v) is 7.16. The third kappa shape index (κ3) is 5.27. The van der Waals surface area contributed by atoms with E-state index in [-0.39, 0.29) is 0 Å². The van der Waals surface area contributed by atoms with Crippen LogP contribution in [0.3, 0.4) is 0 Å². The Morgan fingerprint density at radius 2 is 1.92 bits per heavy atom. The Kier molecular flexibility index (Phi) is 5.98. The van der Waals surface area contributed by atoms with Crippen LogP contribution in [0.1, 0.15) is 24.2 Å². The van der Waals surface area contributed by atoms with Crippen LogP contribution in [0.5, 0.6) is 0 Å². The van der Waals surface area contributed by atoms with Crippen molar-refractivity contribution >= 4 is 15.9 Å². The molecule has 2 N–H and O–H groups in total. The second kappa shape index (κ2) is 7.83. The van der Waals surface area contributed by atoms with Gasteiger partial charge < -0.3 is 5.32 Å². The molecule has 2 aromatic rings. The van der Waals surface area contributed by atoms with E-state index in [2.05, 4.69) is 10.3 Å². The first-order chi connectivity index (χ1) is 12.1. The second-order valence-electron chi connectivity index (χ2n) is 5.39. The number of carbonyl (C=O) groups excluding carboxylic acids is 1. The predicted octanol–water partition coefficient (Wildman–Crippen LogP) is 2.26. The molecule has 1 aromatic carbocycles. The number of pyridine rings is 1. The molecule has 1 amide bonds. The summed E-state index contributed by atoms with van der Waals surface area (Å²) >= 11 is 0. The predicted molar refractivity (Wildman–Crippen MR) is 87.4 cm³/mol. The van der Waals surface area contributed by atoms with Crippen LogP contribution < -0.4 is 10.0 Å². The van der Waals surface area contributed by atoms with Gasteiger partial charge in [0.05, 0.1) is 28.7 Å². The molecule has 0 spiro atoms. The number of nitrogens with one attached hydrogen (secondary N) is 2. The SMILES string of the molecule is CC(NC(=O)CNS(=O)(=O)c1cccc(C(F)(F)F)c1)c1ccccn1. The first-order valence-electron chi connectivity index (χ1n) is 7.47. The number of aromatic nitrogens is 1. The van der Waals surface area contributed by atoms with E-state index in [1.54, 1.807) is 31.3 Å². The van der Waals surface area contributed by atoms with Gasteiger partial charge in [-0.15, -0.1) is 0 Å². The highest BCUT2D eigenvalue weighted by Gasteiger charge is 2.31. The lowest BCUT2D eigenvalue weighted by Crippen LogP contribution is -2.38. The lowest BCUT2D eigenvalue weighted by atomic mass is 10.2. The fraction of sp³-hybridized carbons (Fsp3) is 0.250. The molecule has 1 aromatic heterocycles. The lowest BCUT2D eigenvalue weighted by molar-refractivity contribution is -0.137. The number of hydrogen-bond acceptors (Lipinski definition) is 4. The Hall–Kier alpha value is -2.46. The van der Waals surface area contributed by atoms with Gasteiger partial charge in [-0.2, -0.15) is 13.2 Å². The van der Waals surface area contributed by atoms with Gasteiger partial charge in [-0.05, 0) is 37.3 Å². The van der Waals surface area contributed by atoms with Gasteiger partial charge in [0.15, 0.2) is 0 Å². The zero-order valence-electron chi connectivity index (χ0n) is 13.6. The van der Waals surface area contributed by atoms with Gasteiger partial charge in [-0.1, -0.05) is 12.1 Å². The summed E-state index contributed by atoms with van der Waals surface area (Å²) in [4.78, 5) is 15.4. The molecule has 10 heteroatoms. The summed E-state index contributed by atoms with van der Waals surface area (Å²) < 4.78 is 64.3. The molecule has 26 heavy (non-hydrogen) atoms. The van der Waals surface area contributed by atoms with Crippen LogP contribution in [0.25, 0.3) is 0 Å². The van der Waals surface area contributed by atoms with Crippen molar-refractivity contribution in [2.75, 3.05) is 6.54 Å². The van der Waals surface area contributed by atoms with Crippen LogP contribution in [0, 0.1) is 0 Å². The van der Waals surface area contributed by atoms with E-state index in [4.69, 9.17) is 0 Å². The maximum Gasteiger partial charge on any atom is 0.416 e. The van der Waals surface area contributed by atoms with E-state index in [0.29, 0.717) is 11.8 Å². The highest BCUT2D eigenvalue weighted by atomic mass is 32.2. The maximum atomic E-state index is 12.7. The fourth-order valence-corrected chi connectivity index (χ4v) is 3.11. The number of halogens is 3. The number of nitrogens with zero attached hydrogens (tertiary/aromatic N) is 1. The van der Waals surface area contributed by atoms with Crippen molar-refractivity contribution < 1.29 is 26.4 Å². The molecular weight excluding hydrogens is 371 g/mol. The molecule has 0 aliphatic heterocycles. The van der Waals surface area contributed by atoms with Gasteiger partial charge in [0, 0.05) is 6.20 Å². The lowest BCUT2D eigenvalue weighted by Gasteiger charge is -2.14. The number of benzene rings is 1. The number of sulfonamides is 1. The zero-order chi connectivity index (χ0) is 19.4. The minimum Gasteiger partial charge on any atom is -0.347 e. The van der Waals surface area contributed by atoms with Crippen LogP contribution >= 0.6 is 0 Å². The summed E-state index contributed by atoms with van der Waals surface area (Å²) in [5.74, 6) is -0.640. The molecule has 6 nitrogen and oxygen atoms in total. The average Bonchev–Trinajstić information content (AvgIpc) is 2.60. The number of rotatable bonds is 6. The summed E-state index contributed by atoms with van der Waals surface area (Å²) in [6.45, 7) is 1.05. The van der Waals surface area contributed by atoms with Gasteiger partial charge in [-0.3, -0.25) is 9.78 Å². The molecule has 140 valence electrons. The van der Waals surface area contributed by atoms with Gasteiger partial charge in [0.25, 0.3) is 0 Å². The first-order valence-corrected chi connectivity index (χ1v) is 8.95. The minimum absolute atomic E-state index is 0.457. The van der Waals surface area contributed by atoms with E-state index in [9.17, 15) is 26.4 Å². The molecule has 0 saturated heterocycles.